The minimum absolute atomic E-state index is 0.0778. The molecule has 2 rings (SSSR count). The first-order valence-electron chi connectivity index (χ1n) is 5.85. The summed E-state index contributed by atoms with van der Waals surface area (Å²) < 4.78 is 5.49. The van der Waals surface area contributed by atoms with Crippen LogP contribution in [0.1, 0.15) is 23.5 Å². The maximum absolute atomic E-state index is 11.0. The van der Waals surface area contributed by atoms with Crippen LogP contribution in [0.2, 0.25) is 0 Å². The molecular weight excluding hydrogens is 282 g/mol. The number of rotatable bonds is 5. The van der Waals surface area contributed by atoms with Crippen molar-refractivity contribution >= 4 is 17.0 Å². The summed E-state index contributed by atoms with van der Waals surface area (Å²) in [5.74, 6) is 0.435. The van der Waals surface area contributed by atoms with E-state index in [0.717, 1.165) is 16.9 Å². The Morgan fingerprint density at radius 1 is 1.40 bits per heavy atom. The summed E-state index contributed by atoms with van der Waals surface area (Å²) in [6.07, 6.45) is -0.784. The van der Waals surface area contributed by atoms with Crippen molar-refractivity contribution in [1.29, 1.82) is 0 Å². The number of hydrogen-bond donors (Lipinski definition) is 2. The first-order chi connectivity index (χ1) is 9.51. The summed E-state index contributed by atoms with van der Waals surface area (Å²) in [5, 5.41) is 29.5. The lowest BCUT2D eigenvalue weighted by atomic mass is 10.2. The molecule has 0 bridgehead atoms. The van der Waals surface area contributed by atoms with Crippen molar-refractivity contribution in [2.45, 2.75) is 19.6 Å². The zero-order valence-electron chi connectivity index (χ0n) is 10.6. The second-order valence-corrected chi connectivity index (χ2v) is 5.20. The Bertz CT molecular complexity index is 606. The van der Waals surface area contributed by atoms with Crippen LogP contribution >= 0.6 is 11.3 Å². The fraction of sp³-hybridized carbons (Fsp3) is 0.231. The average molecular weight is 295 g/mol. The summed E-state index contributed by atoms with van der Waals surface area (Å²) in [6.45, 7) is 1.46. The predicted molar refractivity (Wildman–Crippen MR) is 74.0 cm³/mol. The molecule has 0 spiro atoms. The minimum Gasteiger partial charge on any atom is -0.440 e. The van der Waals surface area contributed by atoms with Gasteiger partial charge in [-0.15, -0.1) is 0 Å². The van der Waals surface area contributed by atoms with Gasteiger partial charge in [0.15, 0.2) is 0 Å². The second kappa shape index (κ2) is 6.00. The molecule has 0 aliphatic rings. The van der Waals surface area contributed by atoms with Crippen LogP contribution in [0, 0.1) is 10.1 Å². The van der Waals surface area contributed by atoms with Crippen molar-refractivity contribution < 1.29 is 19.9 Å². The highest BCUT2D eigenvalue weighted by Gasteiger charge is 2.23. The summed E-state index contributed by atoms with van der Waals surface area (Å²) in [6, 6.07) is 7.90. The van der Waals surface area contributed by atoms with E-state index in [-0.39, 0.29) is 17.4 Å². The molecule has 1 atom stereocenters. The highest BCUT2D eigenvalue weighted by molar-refractivity contribution is 7.14. The molecule has 0 aliphatic heterocycles. The largest absolute Gasteiger partial charge is 0.440 e. The van der Waals surface area contributed by atoms with E-state index in [0.29, 0.717) is 10.6 Å². The van der Waals surface area contributed by atoms with Gasteiger partial charge in [-0.25, -0.2) is 0 Å². The Labute approximate surface area is 119 Å². The molecule has 2 N–H and O–H groups in total. The fourth-order valence-corrected chi connectivity index (χ4v) is 2.49. The smallest absolute Gasteiger partial charge is 0.323 e. The first-order valence-corrected chi connectivity index (χ1v) is 6.66. The minimum atomic E-state index is -0.784. The second-order valence-electron chi connectivity index (χ2n) is 4.16. The van der Waals surface area contributed by atoms with E-state index in [4.69, 9.17) is 9.84 Å². The van der Waals surface area contributed by atoms with E-state index in [9.17, 15) is 15.2 Å². The molecule has 1 aromatic heterocycles. The number of thiophene rings is 1. The van der Waals surface area contributed by atoms with Crippen LogP contribution in [-0.4, -0.2) is 15.1 Å². The van der Waals surface area contributed by atoms with E-state index in [2.05, 4.69) is 0 Å². The van der Waals surface area contributed by atoms with Gasteiger partial charge in [0.05, 0.1) is 17.6 Å². The van der Waals surface area contributed by atoms with Crippen molar-refractivity contribution in [2.24, 2.45) is 0 Å². The van der Waals surface area contributed by atoms with Gasteiger partial charge in [0.25, 0.3) is 5.06 Å². The Morgan fingerprint density at radius 2 is 2.05 bits per heavy atom. The average Bonchev–Trinajstić information content (AvgIpc) is 2.84. The Hall–Kier alpha value is -1.96. The lowest BCUT2D eigenvalue weighted by molar-refractivity contribution is -0.385. The molecule has 0 saturated heterocycles. The summed E-state index contributed by atoms with van der Waals surface area (Å²) in [7, 11) is 0. The summed E-state index contributed by atoms with van der Waals surface area (Å²) >= 11 is 1.04. The molecule has 0 unspecified atom stereocenters. The molecule has 0 aliphatic carbocycles. The van der Waals surface area contributed by atoms with Gasteiger partial charge in [-0.1, -0.05) is 23.5 Å². The SMILES string of the molecule is C[C@H](O)c1cc([N+](=O)[O-])c(Oc2ccc(CO)cc2)s1. The van der Waals surface area contributed by atoms with E-state index in [1.807, 2.05) is 0 Å². The van der Waals surface area contributed by atoms with Gasteiger partial charge < -0.3 is 14.9 Å². The highest BCUT2D eigenvalue weighted by atomic mass is 32.1. The fourth-order valence-electron chi connectivity index (χ4n) is 1.56. The Kier molecular flexibility index (Phi) is 4.33. The van der Waals surface area contributed by atoms with Crippen LogP contribution < -0.4 is 4.74 Å². The number of nitro groups is 1. The zero-order valence-corrected chi connectivity index (χ0v) is 11.5. The van der Waals surface area contributed by atoms with Crippen LogP contribution in [0.3, 0.4) is 0 Å². The highest BCUT2D eigenvalue weighted by Crippen LogP contribution is 2.41. The predicted octanol–water partition coefficient (Wildman–Crippen LogP) is 2.99. The monoisotopic (exact) mass is 295 g/mol. The van der Waals surface area contributed by atoms with Crippen molar-refractivity contribution in [3.63, 3.8) is 0 Å². The van der Waals surface area contributed by atoms with Gasteiger partial charge in [-0.05, 0) is 24.6 Å². The molecule has 1 aromatic carbocycles. The zero-order chi connectivity index (χ0) is 14.7. The van der Waals surface area contributed by atoms with Gasteiger partial charge in [0.1, 0.15) is 5.75 Å². The molecular formula is C13H13NO5S. The van der Waals surface area contributed by atoms with Crippen LogP contribution in [0.25, 0.3) is 0 Å². The van der Waals surface area contributed by atoms with Crippen LogP contribution in [-0.2, 0) is 6.61 Å². The number of aliphatic hydroxyl groups is 2. The van der Waals surface area contributed by atoms with E-state index >= 15 is 0 Å². The first kappa shape index (κ1) is 14.4. The topological polar surface area (TPSA) is 92.8 Å². The third kappa shape index (κ3) is 3.13. The van der Waals surface area contributed by atoms with E-state index in [1.54, 1.807) is 24.3 Å². The van der Waals surface area contributed by atoms with Gasteiger partial charge >= 0.3 is 5.69 Å². The van der Waals surface area contributed by atoms with E-state index < -0.39 is 11.0 Å². The van der Waals surface area contributed by atoms with Gasteiger partial charge in [0.2, 0.25) is 0 Å². The van der Waals surface area contributed by atoms with Crippen LogP contribution in [0.15, 0.2) is 30.3 Å². The molecule has 0 radical (unpaired) electrons. The number of hydrogen-bond acceptors (Lipinski definition) is 6. The quantitative estimate of drug-likeness (QED) is 0.653. The van der Waals surface area contributed by atoms with Crippen molar-refractivity contribution in [3.05, 3.63) is 50.9 Å². The van der Waals surface area contributed by atoms with Gasteiger partial charge in [-0.2, -0.15) is 0 Å². The number of aliphatic hydroxyl groups excluding tert-OH is 2. The number of benzene rings is 1. The van der Waals surface area contributed by atoms with Gasteiger partial charge in [0, 0.05) is 10.9 Å². The number of nitrogens with zero attached hydrogens (tertiary/aromatic N) is 1. The molecule has 0 saturated carbocycles. The third-order valence-electron chi connectivity index (χ3n) is 2.62. The maximum atomic E-state index is 11.0. The van der Waals surface area contributed by atoms with Crippen molar-refractivity contribution in [2.75, 3.05) is 0 Å². The molecule has 6 nitrogen and oxygen atoms in total. The summed E-state index contributed by atoms with van der Waals surface area (Å²) in [4.78, 5) is 10.9. The number of ether oxygens (including phenoxy) is 1. The van der Waals surface area contributed by atoms with Crippen LogP contribution in [0.5, 0.6) is 10.8 Å². The molecule has 2 aromatic rings. The van der Waals surface area contributed by atoms with Gasteiger partial charge in [-0.3, -0.25) is 10.1 Å². The Morgan fingerprint density at radius 3 is 2.55 bits per heavy atom. The van der Waals surface area contributed by atoms with E-state index in [1.165, 1.54) is 13.0 Å². The molecule has 106 valence electrons. The van der Waals surface area contributed by atoms with Crippen molar-refractivity contribution in [1.82, 2.24) is 0 Å². The van der Waals surface area contributed by atoms with Crippen molar-refractivity contribution in [3.8, 4) is 10.8 Å². The summed E-state index contributed by atoms with van der Waals surface area (Å²) in [5.41, 5.74) is 0.555. The lowest BCUT2D eigenvalue weighted by Crippen LogP contribution is -1.90. The normalized spacial score (nSPS) is 12.2. The molecule has 20 heavy (non-hydrogen) atoms. The van der Waals surface area contributed by atoms with Crippen LogP contribution in [0.4, 0.5) is 5.69 Å². The molecule has 0 fully saturated rings. The Balaban J connectivity index is 2.29. The third-order valence-corrected chi connectivity index (χ3v) is 3.80. The molecule has 1 heterocycles. The lowest BCUT2D eigenvalue weighted by Gasteiger charge is -2.03. The molecule has 0 amide bonds. The molecule has 7 heteroatoms. The standard InChI is InChI=1S/C13H13NO5S/c1-8(16)12-6-11(14(17)18)13(20-12)19-10-4-2-9(7-15)3-5-10/h2-6,8,15-16H,7H2,1H3/t8-/m0/s1. The maximum Gasteiger partial charge on any atom is 0.323 e.